The molecule has 4 aliphatic carbocycles. The molecule has 4 fully saturated rings. The van der Waals surface area contributed by atoms with Gasteiger partial charge in [0.05, 0.1) is 12.7 Å². The topological polar surface area (TPSA) is 93.7 Å². The van der Waals surface area contributed by atoms with Gasteiger partial charge in [-0.2, -0.15) is 0 Å². The van der Waals surface area contributed by atoms with E-state index in [9.17, 15) is 14.4 Å². The Morgan fingerprint density at radius 3 is 2.27 bits per heavy atom. The van der Waals surface area contributed by atoms with Crippen LogP contribution in [-0.2, 0) is 14.3 Å². The van der Waals surface area contributed by atoms with Crippen LogP contribution in [0.25, 0.3) is 0 Å². The number of carbonyl (C=O) groups excluding carboxylic acids is 3. The molecule has 1 atom stereocenters. The minimum absolute atomic E-state index is 0.120. The lowest BCUT2D eigenvalue weighted by Crippen LogP contribution is -2.61. The van der Waals surface area contributed by atoms with Gasteiger partial charge in [-0.05, 0) is 75.3 Å². The van der Waals surface area contributed by atoms with Crippen LogP contribution < -0.4 is 15.4 Å². The lowest BCUT2D eigenvalue weighted by molar-refractivity contribution is -0.155. The molecule has 0 radical (unpaired) electrons. The molecule has 5 rings (SSSR count). The van der Waals surface area contributed by atoms with E-state index < -0.39 is 18.0 Å². The summed E-state index contributed by atoms with van der Waals surface area (Å²) in [7, 11) is 1.48. The first-order valence-electron chi connectivity index (χ1n) is 10.8. The molecule has 1 aromatic rings. The second-order valence-electron chi connectivity index (χ2n) is 9.20. The van der Waals surface area contributed by atoms with Crippen LogP contribution in [0.4, 0.5) is 0 Å². The minimum Gasteiger partial charge on any atom is -0.496 e. The van der Waals surface area contributed by atoms with E-state index in [4.69, 9.17) is 9.47 Å². The Bertz CT molecular complexity index is 801. The van der Waals surface area contributed by atoms with Crippen LogP contribution in [0.5, 0.6) is 5.75 Å². The molecule has 1 aromatic carbocycles. The largest absolute Gasteiger partial charge is 0.496 e. The first-order valence-corrected chi connectivity index (χ1v) is 10.8. The molecule has 0 heterocycles. The summed E-state index contributed by atoms with van der Waals surface area (Å²) in [5.41, 5.74) is 0.213. The number of carbonyl (C=O) groups is 3. The lowest BCUT2D eigenvalue weighted by atomic mass is 9.53. The number of ether oxygens (including phenoxy) is 2. The summed E-state index contributed by atoms with van der Waals surface area (Å²) in [5.74, 6) is 1.26. The highest BCUT2D eigenvalue weighted by atomic mass is 16.5. The van der Waals surface area contributed by atoms with E-state index >= 15 is 0 Å². The molecule has 0 unspecified atom stereocenters. The highest BCUT2D eigenvalue weighted by molar-refractivity contribution is 5.98. The summed E-state index contributed by atoms with van der Waals surface area (Å²) in [4.78, 5) is 37.2. The Morgan fingerprint density at radius 1 is 1.07 bits per heavy atom. The Hall–Kier alpha value is -2.57. The van der Waals surface area contributed by atoms with Gasteiger partial charge >= 0.3 is 5.97 Å². The molecular formula is C23H30N2O5. The van der Waals surface area contributed by atoms with Crippen LogP contribution in [0.1, 0.15) is 55.8 Å². The molecule has 7 heteroatoms. The van der Waals surface area contributed by atoms with Crippen molar-refractivity contribution in [3.8, 4) is 5.75 Å². The molecule has 4 aliphatic rings. The Labute approximate surface area is 176 Å². The molecular weight excluding hydrogens is 384 g/mol. The fourth-order valence-electron chi connectivity index (χ4n) is 6.00. The Balaban J connectivity index is 1.26. The lowest BCUT2D eigenvalue weighted by Gasteiger charge is -2.57. The van der Waals surface area contributed by atoms with E-state index in [-0.39, 0.29) is 18.0 Å². The van der Waals surface area contributed by atoms with Crippen LogP contribution in [-0.4, -0.2) is 43.1 Å². The van der Waals surface area contributed by atoms with Crippen molar-refractivity contribution in [3.05, 3.63) is 29.8 Å². The maximum absolute atomic E-state index is 12.7. The van der Waals surface area contributed by atoms with Crippen molar-refractivity contribution < 1.29 is 23.9 Å². The highest BCUT2D eigenvalue weighted by Gasteiger charge is 2.51. The van der Waals surface area contributed by atoms with E-state index in [1.54, 1.807) is 31.2 Å². The van der Waals surface area contributed by atoms with Crippen molar-refractivity contribution in [2.24, 2.45) is 17.8 Å². The van der Waals surface area contributed by atoms with E-state index in [1.807, 2.05) is 0 Å². The second kappa shape index (κ2) is 8.28. The zero-order chi connectivity index (χ0) is 21.3. The van der Waals surface area contributed by atoms with Gasteiger partial charge in [-0.15, -0.1) is 0 Å². The number of amides is 2. The molecule has 4 bridgehead atoms. The Morgan fingerprint density at radius 2 is 1.67 bits per heavy atom. The molecule has 0 saturated heterocycles. The van der Waals surface area contributed by atoms with Gasteiger partial charge in [-0.3, -0.25) is 14.4 Å². The van der Waals surface area contributed by atoms with Crippen molar-refractivity contribution in [1.82, 2.24) is 10.6 Å². The first-order chi connectivity index (χ1) is 14.4. The van der Waals surface area contributed by atoms with Gasteiger partial charge in [0.15, 0.2) is 6.10 Å². The molecule has 4 saturated carbocycles. The summed E-state index contributed by atoms with van der Waals surface area (Å²) >= 11 is 0. The van der Waals surface area contributed by atoms with Gasteiger partial charge < -0.3 is 20.1 Å². The summed E-state index contributed by atoms with van der Waals surface area (Å²) in [6.45, 7) is 1.27. The fraction of sp³-hybridized carbons (Fsp3) is 0.609. The number of nitrogens with one attached hydrogen (secondary N) is 2. The van der Waals surface area contributed by atoms with Crippen LogP contribution in [0.15, 0.2) is 24.3 Å². The molecule has 30 heavy (non-hydrogen) atoms. The SMILES string of the molecule is COc1ccccc1C(=O)NCC(=O)O[C@@H](C)C(=O)NC12CC3CC(CC(C3)C1)C2. The number of para-hydroxylation sites is 1. The molecule has 2 amide bonds. The van der Waals surface area contributed by atoms with Gasteiger partial charge in [-0.25, -0.2) is 0 Å². The van der Waals surface area contributed by atoms with Gasteiger partial charge in [0.2, 0.25) is 0 Å². The van der Waals surface area contributed by atoms with E-state index in [0.29, 0.717) is 11.3 Å². The molecule has 7 nitrogen and oxygen atoms in total. The van der Waals surface area contributed by atoms with Crippen LogP contribution >= 0.6 is 0 Å². The number of methoxy groups -OCH3 is 1. The third-order valence-corrected chi connectivity index (χ3v) is 6.85. The first kappa shape index (κ1) is 20.7. The zero-order valence-electron chi connectivity index (χ0n) is 17.6. The predicted octanol–water partition coefficient (Wildman–Crippen LogP) is 2.44. The summed E-state index contributed by atoms with van der Waals surface area (Å²) in [5, 5.41) is 5.73. The van der Waals surface area contributed by atoms with Crippen molar-refractivity contribution in [3.63, 3.8) is 0 Å². The van der Waals surface area contributed by atoms with Gasteiger partial charge in [0.25, 0.3) is 11.8 Å². The third-order valence-electron chi connectivity index (χ3n) is 6.85. The normalized spacial score (nSPS) is 29.7. The average Bonchev–Trinajstić information content (AvgIpc) is 2.70. The van der Waals surface area contributed by atoms with Crippen molar-refractivity contribution >= 4 is 17.8 Å². The van der Waals surface area contributed by atoms with E-state index in [0.717, 1.165) is 37.0 Å². The van der Waals surface area contributed by atoms with Crippen LogP contribution in [0.3, 0.4) is 0 Å². The van der Waals surface area contributed by atoms with Crippen molar-refractivity contribution in [2.75, 3.05) is 13.7 Å². The second-order valence-corrected chi connectivity index (χ2v) is 9.20. The third kappa shape index (κ3) is 4.30. The standard InChI is InChI=1S/C23H30N2O5/c1-14(21(27)25-23-10-15-7-16(11-23)9-17(8-15)12-23)30-20(26)13-24-22(28)18-5-3-4-6-19(18)29-2/h3-6,14-17H,7-13H2,1-2H3,(H,24,28)(H,25,27)/t14-,15?,16?,17?,23?/m0/s1. The number of hydrogen-bond donors (Lipinski definition) is 2. The summed E-state index contributed by atoms with van der Waals surface area (Å²) < 4.78 is 10.4. The van der Waals surface area contributed by atoms with Crippen molar-refractivity contribution in [1.29, 1.82) is 0 Å². The van der Waals surface area contributed by atoms with Gasteiger partial charge in [-0.1, -0.05) is 12.1 Å². The number of benzene rings is 1. The molecule has 2 N–H and O–H groups in total. The monoisotopic (exact) mass is 414 g/mol. The average molecular weight is 415 g/mol. The van der Waals surface area contributed by atoms with Gasteiger partial charge in [0, 0.05) is 5.54 Å². The number of esters is 1. The molecule has 0 spiro atoms. The molecule has 0 aliphatic heterocycles. The zero-order valence-corrected chi connectivity index (χ0v) is 17.6. The fourth-order valence-corrected chi connectivity index (χ4v) is 6.00. The smallest absolute Gasteiger partial charge is 0.326 e. The summed E-state index contributed by atoms with van der Waals surface area (Å²) in [6, 6.07) is 6.76. The quantitative estimate of drug-likeness (QED) is 0.669. The Kier molecular flexibility index (Phi) is 5.71. The number of rotatable bonds is 7. The number of hydrogen-bond acceptors (Lipinski definition) is 5. The highest BCUT2D eigenvalue weighted by Crippen LogP contribution is 2.55. The molecule has 162 valence electrons. The molecule has 0 aromatic heterocycles. The van der Waals surface area contributed by atoms with Crippen molar-refractivity contribution in [2.45, 2.75) is 57.1 Å². The van der Waals surface area contributed by atoms with Gasteiger partial charge in [0.1, 0.15) is 12.3 Å². The van der Waals surface area contributed by atoms with Crippen LogP contribution in [0, 0.1) is 17.8 Å². The minimum atomic E-state index is -0.895. The predicted molar refractivity (Wildman–Crippen MR) is 110 cm³/mol. The van der Waals surface area contributed by atoms with E-state index in [2.05, 4.69) is 10.6 Å². The maximum Gasteiger partial charge on any atom is 0.326 e. The van der Waals surface area contributed by atoms with Crippen LogP contribution in [0.2, 0.25) is 0 Å². The summed E-state index contributed by atoms with van der Waals surface area (Å²) in [6.07, 6.45) is 6.12. The maximum atomic E-state index is 12.7. The van der Waals surface area contributed by atoms with E-state index in [1.165, 1.54) is 26.4 Å².